The van der Waals surface area contributed by atoms with Crippen LogP contribution in [0.2, 0.25) is 0 Å². The average Bonchev–Trinajstić information content (AvgIpc) is 3.98. The zero-order chi connectivity index (χ0) is 33.5. The van der Waals surface area contributed by atoms with Crippen LogP contribution in [0.5, 0.6) is 0 Å². The summed E-state index contributed by atoms with van der Waals surface area (Å²) >= 11 is 1.98. The first kappa shape index (κ1) is 28.5. The Bertz CT molecular complexity index is 2800. The van der Waals surface area contributed by atoms with Gasteiger partial charge in [0, 0.05) is 50.8 Å². The molecular formula is C44H28N4O2S. The SMILES string of the molecule is C1=CC2c3c(c4ccccc4c4ccccc34)SC2C=C1N(c1ccc(-c2cc3occc3o2)cc1)c1ccc(-n2nc3ccccc3n2)cc1. The van der Waals surface area contributed by atoms with Gasteiger partial charge in [-0.1, -0.05) is 66.7 Å². The van der Waals surface area contributed by atoms with Crippen molar-refractivity contribution >= 4 is 66.9 Å². The van der Waals surface area contributed by atoms with E-state index in [1.807, 2.05) is 48.2 Å². The first-order chi connectivity index (χ1) is 25.2. The van der Waals surface area contributed by atoms with Crippen LogP contribution in [0.1, 0.15) is 11.5 Å². The Morgan fingerprint density at radius 2 is 1.29 bits per heavy atom. The Balaban J connectivity index is 1.00. The third kappa shape index (κ3) is 4.51. The molecule has 0 bridgehead atoms. The van der Waals surface area contributed by atoms with E-state index in [0.29, 0.717) is 0 Å². The van der Waals surface area contributed by atoms with Gasteiger partial charge in [-0.3, -0.25) is 0 Å². The second-order valence-electron chi connectivity index (χ2n) is 13.0. The minimum Gasteiger partial charge on any atom is -0.461 e. The molecule has 2 unspecified atom stereocenters. The van der Waals surface area contributed by atoms with Crippen LogP contribution in [-0.2, 0) is 0 Å². The lowest BCUT2D eigenvalue weighted by molar-refractivity contribution is 0.612. The van der Waals surface area contributed by atoms with Gasteiger partial charge in [0.2, 0.25) is 0 Å². The topological polar surface area (TPSA) is 60.2 Å². The lowest BCUT2D eigenvalue weighted by Crippen LogP contribution is -2.20. The van der Waals surface area contributed by atoms with Crippen molar-refractivity contribution in [3.05, 3.63) is 169 Å². The number of rotatable bonds is 5. The fraction of sp³-hybridized carbons (Fsp3) is 0.0455. The molecule has 2 atom stereocenters. The van der Waals surface area contributed by atoms with Gasteiger partial charge in [-0.2, -0.15) is 4.80 Å². The molecule has 0 fully saturated rings. The fourth-order valence-corrected chi connectivity index (χ4v) is 9.26. The molecule has 9 aromatic rings. The summed E-state index contributed by atoms with van der Waals surface area (Å²) in [7, 11) is 0. The zero-order valence-electron chi connectivity index (χ0n) is 27.2. The van der Waals surface area contributed by atoms with E-state index >= 15 is 0 Å². The molecule has 0 N–H and O–H groups in total. The van der Waals surface area contributed by atoms with Gasteiger partial charge in [0.05, 0.1) is 12.0 Å². The molecule has 51 heavy (non-hydrogen) atoms. The number of thioether (sulfide) groups is 1. The summed E-state index contributed by atoms with van der Waals surface area (Å²) in [5, 5.41) is 15.0. The second-order valence-corrected chi connectivity index (χ2v) is 14.2. The van der Waals surface area contributed by atoms with Crippen molar-refractivity contribution < 1.29 is 8.83 Å². The van der Waals surface area contributed by atoms with Crippen LogP contribution in [0.25, 0.3) is 60.8 Å². The Morgan fingerprint density at radius 3 is 2.02 bits per heavy atom. The maximum Gasteiger partial charge on any atom is 0.173 e. The quantitative estimate of drug-likeness (QED) is 0.169. The van der Waals surface area contributed by atoms with E-state index in [2.05, 4.69) is 120 Å². The summed E-state index contributed by atoms with van der Waals surface area (Å²) in [5.41, 5.74) is 9.80. The van der Waals surface area contributed by atoms with Gasteiger partial charge in [0.1, 0.15) is 16.8 Å². The van der Waals surface area contributed by atoms with Crippen LogP contribution in [0.15, 0.2) is 177 Å². The molecule has 1 aliphatic carbocycles. The van der Waals surface area contributed by atoms with E-state index in [0.717, 1.165) is 56.3 Å². The largest absolute Gasteiger partial charge is 0.461 e. The highest BCUT2D eigenvalue weighted by Crippen LogP contribution is 2.55. The number of furan rings is 2. The van der Waals surface area contributed by atoms with E-state index in [9.17, 15) is 0 Å². The first-order valence-corrected chi connectivity index (χ1v) is 17.9. The van der Waals surface area contributed by atoms with E-state index in [4.69, 9.17) is 19.0 Å². The Kier molecular flexibility index (Phi) is 6.21. The van der Waals surface area contributed by atoms with Gasteiger partial charge in [0.25, 0.3) is 0 Å². The number of anilines is 2. The standard InChI is InChI=1S/C44H28N4O2S/c1-3-9-34-32(7-1)33-8-2-4-10-35(33)44-43(34)36-22-21-31(25-42(36)51-44)47(28-15-13-27(14-16-28)40-26-41-39(50-40)23-24-49-41)29-17-19-30(20-18-29)48-45-37-11-5-6-12-38(37)46-48/h1-26,36,42H. The number of benzene rings is 6. The summed E-state index contributed by atoms with van der Waals surface area (Å²) in [6, 6.07) is 46.5. The van der Waals surface area contributed by atoms with Crippen molar-refractivity contribution in [1.29, 1.82) is 0 Å². The smallest absolute Gasteiger partial charge is 0.173 e. The van der Waals surface area contributed by atoms with Crippen LogP contribution >= 0.6 is 11.8 Å². The van der Waals surface area contributed by atoms with Crippen molar-refractivity contribution in [3.63, 3.8) is 0 Å². The fourth-order valence-electron chi connectivity index (χ4n) is 7.73. The highest BCUT2D eigenvalue weighted by molar-refractivity contribution is 8.00. The van der Waals surface area contributed by atoms with Crippen molar-refractivity contribution in [3.8, 4) is 17.0 Å². The van der Waals surface area contributed by atoms with E-state index < -0.39 is 0 Å². The molecule has 0 amide bonds. The van der Waals surface area contributed by atoms with Gasteiger partial charge in [-0.05, 0) is 99.9 Å². The molecule has 0 spiro atoms. The monoisotopic (exact) mass is 676 g/mol. The zero-order valence-corrected chi connectivity index (χ0v) is 28.0. The molecule has 7 heteroatoms. The summed E-state index contributed by atoms with van der Waals surface area (Å²) in [6.07, 6.45) is 8.80. The number of nitrogens with zero attached hydrogens (tertiary/aromatic N) is 4. The number of hydrogen-bond donors (Lipinski definition) is 0. The maximum atomic E-state index is 6.06. The van der Waals surface area contributed by atoms with Crippen LogP contribution in [0, 0.1) is 0 Å². The molecular weight excluding hydrogens is 649 g/mol. The summed E-state index contributed by atoms with van der Waals surface area (Å²) in [6.45, 7) is 0. The predicted octanol–water partition coefficient (Wildman–Crippen LogP) is 11.6. The van der Waals surface area contributed by atoms with E-state index in [1.54, 1.807) is 11.1 Å². The molecule has 0 saturated heterocycles. The van der Waals surface area contributed by atoms with Crippen LogP contribution in [0.3, 0.4) is 0 Å². The third-order valence-corrected chi connectivity index (χ3v) is 11.5. The molecule has 0 saturated carbocycles. The van der Waals surface area contributed by atoms with Crippen LogP contribution < -0.4 is 4.90 Å². The summed E-state index contributed by atoms with van der Waals surface area (Å²) in [5.74, 6) is 1.07. The van der Waals surface area contributed by atoms with Gasteiger partial charge in [0.15, 0.2) is 11.2 Å². The number of aromatic nitrogens is 3. The molecule has 6 aromatic carbocycles. The molecule has 11 rings (SSSR count). The minimum atomic E-state index is 0.259. The normalized spacial score (nSPS) is 16.6. The Morgan fingerprint density at radius 1 is 0.647 bits per heavy atom. The molecule has 3 aromatic heterocycles. The highest BCUT2D eigenvalue weighted by Gasteiger charge is 2.36. The molecule has 242 valence electrons. The van der Waals surface area contributed by atoms with Gasteiger partial charge >= 0.3 is 0 Å². The average molecular weight is 677 g/mol. The summed E-state index contributed by atoms with van der Waals surface area (Å²) < 4.78 is 11.6. The van der Waals surface area contributed by atoms with Crippen molar-refractivity contribution in [1.82, 2.24) is 15.0 Å². The molecule has 2 aliphatic rings. The third-order valence-electron chi connectivity index (χ3n) is 10.1. The molecule has 6 nitrogen and oxygen atoms in total. The molecule has 0 radical (unpaired) electrons. The Hall–Kier alpha value is -6.31. The van der Waals surface area contributed by atoms with E-state index in [-0.39, 0.29) is 11.2 Å². The number of hydrogen-bond acceptors (Lipinski definition) is 6. The number of allylic oxidation sites excluding steroid dienone is 2. The molecule has 4 heterocycles. The van der Waals surface area contributed by atoms with Gasteiger partial charge in [-0.25, -0.2) is 0 Å². The summed E-state index contributed by atoms with van der Waals surface area (Å²) in [4.78, 5) is 5.43. The number of fused-ring (bicyclic) bond motifs is 10. The first-order valence-electron chi connectivity index (χ1n) is 17.1. The lowest BCUT2D eigenvalue weighted by Gasteiger charge is -2.30. The Labute approximate surface area is 296 Å². The van der Waals surface area contributed by atoms with Crippen molar-refractivity contribution in [2.75, 3.05) is 4.90 Å². The second kappa shape index (κ2) is 11.1. The van der Waals surface area contributed by atoms with Crippen LogP contribution in [-0.4, -0.2) is 20.2 Å². The maximum absolute atomic E-state index is 6.06. The van der Waals surface area contributed by atoms with Crippen LogP contribution in [0.4, 0.5) is 11.4 Å². The van der Waals surface area contributed by atoms with Crippen molar-refractivity contribution in [2.24, 2.45) is 0 Å². The lowest BCUT2D eigenvalue weighted by atomic mass is 9.86. The molecule has 1 aliphatic heterocycles. The van der Waals surface area contributed by atoms with Gasteiger partial charge in [-0.15, -0.1) is 22.0 Å². The van der Waals surface area contributed by atoms with E-state index in [1.165, 1.54) is 32.0 Å². The predicted molar refractivity (Wildman–Crippen MR) is 206 cm³/mol. The minimum absolute atomic E-state index is 0.259. The van der Waals surface area contributed by atoms with Crippen molar-refractivity contribution in [2.45, 2.75) is 16.1 Å². The highest BCUT2D eigenvalue weighted by atomic mass is 32.2. The van der Waals surface area contributed by atoms with Gasteiger partial charge < -0.3 is 13.7 Å².